The minimum absolute atomic E-state index is 0.0429. The number of nitrogens with two attached hydrogens (primary N) is 1. The Kier molecular flexibility index (Phi) is 4.77. The lowest BCUT2D eigenvalue weighted by Gasteiger charge is -2.32. The summed E-state index contributed by atoms with van der Waals surface area (Å²) in [6, 6.07) is 12.6. The van der Waals surface area contributed by atoms with E-state index in [1.807, 2.05) is 28.4 Å². The zero-order chi connectivity index (χ0) is 21.8. The summed E-state index contributed by atoms with van der Waals surface area (Å²) in [5.74, 6) is 0.842. The highest BCUT2D eigenvalue weighted by atomic mass is 32.1. The van der Waals surface area contributed by atoms with Crippen molar-refractivity contribution in [3.8, 4) is 5.75 Å². The molecule has 0 bridgehead atoms. The fraction of sp³-hybridized carbons (Fsp3) is 0.400. The number of aryl methyl sites for hydroxylation is 1. The van der Waals surface area contributed by atoms with E-state index in [-0.39, 0.29) is 18.1 Å². The van der Waals surface area contributed by atoms with E-state index in [1.165, 1.54) is 20.5 Å². The summed E-state index contributed by atoms with van der Waals surface area (Å²) in [5, 5.41) is 5.08. The summed E-state index contributed by atoms with van der Waals surface area (Å²) in [6.07, 6.45) is 2.99. The van der Waals surface area contributed by atoms with Crippen molar-refractivity contribution in [1.29, 1.82) is 0 Å². The largest absolute Gasteiger partial charge is 0.489 e. The monoisotopic (exact) mass is 448 g/mol. The van der Waals surface area contributed by atoms with E-state index in [0.29, 0.717) is 18.7 Å². The molecule has 4 heterocycles. The van der Waals surface area contributed by atoms with Gasteiger partial charge in [0.2, 0.25) is 0 Å². The van der Waals surface area contributed by atoms with Gasteiger partial charge in [-0.25, -0.2) is 0 Å². The van der Waals surface area contributed by atoms with E-state index in [2.05, 4.69) is 41.4 Å². The standard InChI is InChI=1S/C25H28N4O2S/c1-2-17-18-7-3-4-8-21(18)32-23(17)24-27-19-12-15(13-20-22(19)29(24)10-11-31-20)25(30)28-9-5-6-16(26)14-28/h3-4,7-8,12-13,16,24,27H,2,5-6,9-11,14,26H2,1H3/t16?,24-/m1/s1. The van der Waals surface area contributed by atoms with Crippen LogP contribution in [0.3, 0.4) is 0 Å². The SMILES string of the molecule is CCc1c([C@@H]2Nc3cc(C(=O)N4CCCC(N)C4)cc4c3N2CCO4)sc2ccccc12. The third-order valence-corrected chi connectivity index (χ3v) is 8.14. The van der Waals surface area contributed by atoms with Gasteiger partial charge in [-0.15, -0.1) is 11.3 Å². The Labute approximate surface area is 191 Å². The van der Waals surface area contributed by atoms with Crippen molar-refractivity contribution in [3.05, 3.63) is 52.4 Å². The van der Waals surface area contributed by atoms with Crippen LogP contribution >= 0.6 is 11.3 Å². The Hall–Kier alpha value is -2.77. The molecule has 2 aromatic carbocycles. The number of fused-ring (bicyclic) bond motifs is 1. The first-order valence-corrected chi connectivity index (χ1v) is 12.3. The van der Waals surface area contributed by atoms with Crippen LogP contribution in [0.4, 0.5) is 11.4 Å². The number of rotatable bonds is 3. The molecule has 1 fully saturated rings. The zero-order valence-corrected chi connectivity index (χ0v) is 19.1. The second-order valence-electron chi connectivity index (χ2n) is 8.91. The summed E-state index contributed by atoms with van der Waals surface area (Å²) >= 11 is 1.86. The number of hydrogen-bond acceptors (Lipinski definition) is 6. The molecule has 1 aromatic heterocycles. The van der Waals surface area contributed by atoms with Crippen LogP contribution in [0.15, 0.2) is 36.4 Å². The van der Waals surface area contributed by atoms with Gasteiger partial charge in [-0.1, -0.05) is 25.1 Å². The van der Waals surface area contributed by atoms with Crippen LogP contribution in [0, 0.1) is 0 Å². The van der Waals surface area contributed by atoms with Crippen molar-refractivity contribution in [2.45, 2.75) is 38.4 Å². The van der Waals surface area contributed by atoms with Crippen molar-refractivity contribution in [1.82, 2.24) is 4.90 Å². The van der Waals surface area contributed by atoms with Crippen LogP contribution in [0.1, 0.15) is 46.7 Å². The maximum absolute atomic E-state index is 13.3. The molecule has 0 radical (unpaired) electrons. The molecule has 1 saturated heterocycles. The Morgan fingerprint density at radius 2 is 2.16 bits per heavy atom. The van der Waals surface area contributed by atoms with E-state index in [4.69, 9.17) is 10.5 Å². The number of thiophene rings is 1. The maximum atomic E-state index is 13.3. The predicted octanol–water partition coefficient (Wildman–Crippen LogP) is 4.35. The number of carbonyl (C=O) groups is 1. The molecule has 7 heteroatoms. The number of amides is 1. The molecule has 2 atom stereocenters. The van der Waals surface area contributed by atoms with Crippen molar-refractivity contribution < 1.29 is 9.53 Å². The molecule has 3 N–H and O–H groups in total. The molecule has 6 nitrogen and oxygen atoms in total. The highest BCUT2D eigenvalue weighted by Crippen LogP contribution is 2.51. The first-order valence-electron chi connectivity index (χ1n) is 11.5. The van der Waals surface area contributed by atoms with Gasteiger partial charge >= 0.3 is 0 Å². The number of hydrogen-bond donors (Lipinski definition) is 2. The zero-order valence-electron chi connectivity index (χ0n) is 18.3. The average molecular weight is 449 g/mol. The Balaban J connectivity index is 1.39. The van der Waals surface area contributed by atoms with Crippen LogP contribution in [0.5, 0.6) is 5.75 Å². The van der Waals surface area contributed by atoms with Crippen molar-refractivity contribution >= 4 is 38.7 Å². The second kappa shape index (κ2) is 7.67. The van der Waals surface area contributed by atoms with Crippen LogP contribution in [0.25, 0.3) is 10.1 Å². The molecule has 1 unspecified atom stereocenters. The van der Waals surface area contributed by atoms with Crippen molar-refractivity contribution in [2.75, 3.05) is 36.5 Å². The fourth-order valence-electron chi connectivity index (χ4n) is 5.38. The maximum Gasteiger partial charge on any atom is 0.254 e. The van der Waals surface area contributed by atoms with E-state index in [1.54, 1.807) is 0 Å². The lowest BCUT2D eigenvalue weighted by Crippen LogP contribution is -2.45. The van der Waals surface area contributed by atoms with Crippen molar-refractivity contribution in [2.24, 2.45) is 5.73 Å². The fourth-order valence-corrected chi connectivity index (χ4v) is 6.74. The van der Waals surface area contributed by atoms with Gasteiger partial charge in [0.25, 0.3) is 5.91 Å². The van der Waals surface area contributed by atoms with Crippen LogP contribution < -0.4 is 20.7 Å². The van der Waals surface area contributed by atoms with Gasteiger partial charge in [-0.05, 0) is 48.4 Å². The number of anilines is 2. The quantitative estimate of drug-likeness (QED) is 0.623. The molecule has 1 amide bonds. The summed E-state index contributed by atoms with van der Waals surface area (Å²) in [7, 11) is 0. The molecule has 32 heavy (non-hydrogen) atoms. The molecule has 0 spiro atoms. The number of likely N-dealkylation sites (tertiary alicyclic amines) is 1. The van der Waals surface area contributed by atoms with Gasteiger partial charge in [0, 0.05) is 29.4 Å². The highest BCUT2D eigenvalue weighted by molar-refractivity contribution is 7.19. The van der Waals surface area contributed by atoms with E-state index in [9.17, 15) is 4.79 Å². The summed E-state index contributed by atoms with van der Waals surface area (Å²) in [5.41, 5.74) is 10.3. The third-order valence-electron chi connectivity index (χ3n) is 6.88. The normalized spacial score (nSPS) is 21.9. The van der Waals surface area contributed by atoms with Crippen LogP contribution in [0.2, 0.25) is 0 Å². The predicted molar refractivity (Wildman–Crippen MR) is 130 cm³/mol. The third kappa shape index (κ3) is 3.06. The number of piperidine rings is 1. The van der Waals surface area contributed by atoms with E-state index >= 15 is 0 Å². The first kappa shape index (κ1) is 19.9. The molecular formula is C25H28N4O2S. The minimum Gasteiger partial charge on any atom is -0.489 e. The van der Waals surface area contributed by atoms with E-state index in [0.717, 1.165) is 49.5 Å². The van der Waals surface area contributed by atoms with Crippen LogP contribution in [-0.4, -0.2) is 43.1 Å². The molecule has 166 valence electrons. The van der Waals surface area contributed by atoms with Crippen molar-refractivity contribution in [3.63, 3.8) is 0 Å². The number of nitrogens with zero attached hydrogens (tertiary/aromatic N) is 2. The topological polar surface area (TPSA) is 70.8 Å². The molecule has 0 saturated carbocycles. The Bertz CT molecular complexity index is 1210. The van der Waals surface area contributed by atoms with Gasteiger partial charge < -0.3 is 25.6 Å². The molecule has 3 aliphatic rings. The number of ether oxygens (including phenoxy) is 1. The summed E-state index contributed by atoms with van der Waals surface area (Å²) in [6.45, 7) is 5.05. The molecule has 6 rings (SSSR count). The Morgan fingerprint density at radius 3 is 3.00 bits per heavy atom. The summed E-state index contributed by atoms with van der Waals surface area (Å²) in [4.78, 5) is 18.9. The van der Waals surface area contributed by atoms with Gasteiger partial charge in [0.15, 0.2) is 0 Å². The second-order valence-corrected chi connectivity index (χ2v) is 9.99. The van der Waals surface area contributed by atoms with Gasteiger partial charge in [0.1, 0.15) is 24.2 Å². The van der Waals surface area contributed by atoms with Crippen LogP contribution in [-0.2, 0) is 6.42 Å². The molecule has 3 aliphatic heterocycles. The van der Waals surface area contributed by atoms with Gasteiger partial charge in [-0.3, -0.25) is 4.79 Å². The lowest BCUT2D eigenvalue weighted by molar-refractivity contribution is 0.0708. The Morgan fingerprint density at radius 1 is 1.28 bits per heavy atom. The number of benzene rings is 2. The molecule has 3 aromatic rings. The van der Waals surface area contributed by atoms with E-state index < -0.39 is 0 Å². The minimum atomic E-state index is 0.0429. The molecular weight excluding hydrogens is 420 g/mol. The molecule has 0 aliphatic carbocycles. The smallest absolute Gasteiger partial charge is 0.254 e. The summed E-state index contributed by atoms with van der Waals surface area (Å²) < 4.78 is 7.36. The highest BCUT2D eigenvalue weighted by Gasteiger charge is 2.38. The van der Waals surface area contributed by atoms with Gasteiger partial charge in [-0.2, -0.15) is 0 Å². The van der Waals surface area contributed by atoms with Gasteiger partial charge in [0.05, 0.1) is 17.1 Å². The number of nitrogens with one attached hydrogen (secondary N) is 1. The average Bonchev–Trinajstić information content (AvgIpc) is 3.37. The first-order chi connectivity index (χ1) is 15.6. The number of carbonyl (C=O) groups excluding carboxylic acids is 1. The lowest BCUT2D eigenvalue weighted by atomic mass is 10.0.